The van der Waals surface area contributed by atoms with Gasteiger partial charge in [-0.05, 0) is 25.3 Å². The maximum atomic E-state index is 11.8. The van der Waals surface area contributed by atoms with Crippen LogP contribution in [0.25, 0.3) is 0 Å². The van der Waals surface area contributed by atoms with E-state index in [1.807, 2.05) is 31.2 Å². The zero-order valence-electron chi connectivity index (χ0n) is 10.6. The van der Waals surface area contributed by atoms with Crippen molar-refractivity contribution in [1.29, 1.82) is 0 Å². The summed E-state index contributed by atoms with van der Waals surface area (Å²) in [6.07, 6.45) is 1.02. The monoisotopic (exact) mass is 233 g/mol. The van der Waals surface area contributed by atoms with Crippen molar-refractivity contribution < 1.29 is 9.53 Å². The summed E-state index contributed by atoms with van der Waals surface area (Å²) in [5.74, 6) is 1.74. The molecule has 0 saturated heterocycles. The van der Waals surface area contributed by atoms with Gasteiger partial charge in [0, 0.05) is 11.5 Å². The highest BCUT2D eigenvalue weighted by atomic mass is 16.5. The van der Waals surface area contributed by atoms with Crippen LogP contribution in [0.5, 0.6) is 5.75 Å². The first-order valence-electron chi connectivity index (χ1n) is 6.06. The van der Waals surface area contributed by atoms with Crippen molar-refractivity contribution in [3.63, 3.8) is 0 Å². The summed E-state index contributed by atoms with van der Waals surface area (Å²) in [6.45, 7) is 4.10. The number of carbonyl (C=O) groups excluding carboxylic acids is 1. The van der Waals surface area contributed by atoms with E-state index in [9.17, 15) is 4.79 Å². The molecule has 2 rings (SSSR count). The van der Waals surface area contributed by atoms with E-state index in [2.05, 4.69) is 12.2 Å². The molecule has 0 aliphatic heterocycles. The molecule has 0 spiro atoms. The van der Waals surface area contributed by atoms with Gasteiger partial charge in [-0.2, -0.15) is 0 Å². The highest BCUT2D eigenvalue weighted by molar-refractivity contribution is 5.81. The Morgan fingerprint density at radius 1 is 1.47 bits per heavy atom. The van der Waals surface area contributed by atoms with E-state index in [0.717, 1.165) is 17.7 Å². The molecule has 3 heteroatoms. The standard InChI is InChI=1S/C14H19NO2/c1-9-8-12(9)14(16)15-10(2)11-6-4-5-7-13(11)17-3/h4-7,9-10,12H,8H2,1-3H3,(H,15,16)/t9-,10-,12+/m0/s1. The first-order valence-corrected chi connectivity index (χ1v) is 6.06. The van der Waals surface area contributed by atoms with Crippen molar-refractivity contribution in [3.05, 3.63) is 29.8 Å². The van der Waals surface area contributed by atoms with Gasteiger partial charge >= 0.3 is 0 Å². The van der Waals surface area contributed by atoms with Gasteiger partial charge in [0.25, 0.3) is 0 Å². The first-order chi connectivity index (χ1) is 8.13. The summed E-state index contributed by atoms with van der Waals surface area (Å²) < 4.78 is 5.29. The number of methoxy groups -OCH3 is 1. The number of benzene rings is 1. The van der Waals surface area contributed by atoms with Crippen LogP contribution in [0, 0.1) is 11.8 Å². The molecule has 3 atom stereocenters. The third-order valence-corrected chi connectivity index (χ3v) is 3.41. The van der Waals surface area contributed by atoms with E-state index in [-0.39, 0.29) is 17.9 Å². The van der Waals surface area contributed by atoms with Crippen LogP contribution < -0.4 is 10.1 Å². The Balaban J connectivity index is 2.03. The minimum atomic E-state index is -0.00792. The quantitative estimate of drug-likeness (QED) is 0.867. The zero-order chi connectivity index (χ0) is 12.4. The van der Waals surface area contributed by atoms with Crippen molar-refractivity contribution in [3.8, 4) is 5.75 Å². The minimum absolute atomic E-state index is 0.00792. The molecule has 0 unspecified atom stereocenters. The van der Waals surface area contributed by atoms with Crippen LogP contribution in [0.3, 0.4) is 0 Å². The van der Waals surface area contributed by atoms with E-state index in [1.54, 1.807) is 7.11 Å². The van der Waals surface area contributed by atoms with Gasteiger partial charge in [-0.15, -0.1) is 0 Å². The molecule has 1 aromatic rings. The lowest BCUT2D eigenvalue weighted by Gasteiger charge is -2.17. The second kappa shape index (κ2) is 4.78. The Kier molecular flexibility index (Phi) is 3.36. The van der Waals surface area contributed by atoms with Gasteiger partial charge in [-0.1, -0.05) is 25.1 Å². The zero-order valence-corrected chi connectivity index (χ0v) is 10.6. The number of hydrogen-bond donors (Lipinski definition) is 1. The van der Waals surface area contributed by atoms with Gasteiger partial charge in [0.05, 0.1) is 13.2 Å². The number of nitrogens with one attached hydrogen (secondary N) is 1. The highest BCUT2D eigenvalue weighted by Gasteiger charge is 2.39. The summed E-state index contributed by atoms with van der Waals surface area (Å²) in [6, 6.07) is 7.78. The molecule has 0 radical (unpaired) electrons. The smallest absolute Gasteiger partial charge is 0.223 e. The van der Waals surface area contributed by atoms with Crippen LogP contribution in [0.4, 0.5) is 0 Å². The topological polar surface area (TPSA) is 38.3 Å². The maximum absolute atomic E-state index is 11.8. The summed E-state index contributed by atoms with van der Waals surface area (Å²) in [5, 5.41) is 3.04. The fraction of sp³-hybridized carbons (Fsp3) is 0.500. The normalized spacial score (nSPS) is 23.9. The van der Waals surface area contributed by atoms with E-state index in [1.165, 1.54) is 0 Å². The second-order valence-corrected chi connectivity index (χ2v) is 4.79. The molecule has 17 heavy (non-hydrogen) atoms. The molecular weight excluding hydrogens is 214 g/mol. The number of hydrogen-bond acceptors (Lipinski definition) is 2. The van der Waals surface area contributed by atoms with Crippen LogP contribution >= 0.6 is 0 Å². The Labute approximate surface area is 102 Å². The summed E-state index contributed by atoms with van der Waals surface area (Å²) in [5.41, 5.74) is 1.02. The van der Waals surface area contributed by atoms with Crippen molar-refractivity contribution in [2.45, 2.75) is 26.3 Å². The number of amides is 1. The Hall–Kier alpha value is -1.51. The summed E-state index contributed by atoms with van der Waals surface area (Å²) in [4.78, 5) is 11.8. The van der Waals surface area contributed by atoms with Gasteiger partial charge in [-0.3, -0.25) is 4.79 Å². The van der Waals surface area contributed by atoms with Crippen molar-refractivity contribution >= 4 is 5.91 Å². The Morgan fingerprint density at radius 3 is 2.71 bits per heavy atom. The van der Waals surface area contributed by atoms with Crippen LogP contribution in [0.15, 0.2) is 24.3 Å². The highest BCUT2D eigenvalue weighted by Crippen LogP contribution is 2.38. The molecule has 0 bridgehead atoms. The summed E-state index contributed by atoms with van der Waals surface area (Å²) in [7, 11) is 1.65. The number of para-hydroxylation sites is 1. The van der Waals surface area contributed by atoms with Gasteiger partial charge in [0.15, 0.2) is 0 Å². The average molecular weight is 233 g/mol. The molecule has 92 valence electrons. The molecule has 0 aromatic heterocycles. The van der Waals surface area contributed by atoms with Crippen molar-refractivity contribution in [1.82, 2.24) is 5.32 Å². The molecule has 1 saturated carbocycles. The van der Waals surface area contributed by atoms with Crippen molar-refractivity contribution in [2.75, 3.05) is 7.11 Å². The maximum Gasteiger partial charge on any atom is 0.223 e. The molecular formula is C14H19NO2. The molecule has 1 N–H and O–H groups in total. The van der Waals surface area contributed by atoms with Crippen LogP contribution in [-0.2, 0) is 4.79 Å². The molecule has 1 fully saturated rings. The van der Waals surface area contributed by atoms with Gasteiger partial charge in [0.1, 0.15) is 5.75 Å². The lowest BCUT2D eigenvalue weighted by atomic mass is 10.1. The third-order valence-electron chi connectivity index (χ3n) is 3.41. The fourth-order valence-electron chi connectivity index (χ4n) is 2.11. The summed E-state index contributed by atoms with van der Waals surface area (Å²) >= 11 is 0. The molecule has 1 aliphatic carbocycles. The third kappa shape index (κ3) is 2.60. The van der Waals surface area contributed by atoms with Crippen LogP contribution in [-0.4, -0.2) is 13.0 Å². The van der Waals surface area contributed by atoms with Gasteiger partial charge in [0.2, 0.25) is 5.91 Å². The average Bonchev–Trinajstić information content (AvgIpc) is 3.06. The van der Waals surface area contributed by atoms with E-state index in [4.69, 9.17) is 4.74 Å². The van der Waals surface area contributed by atoms with Gasteiger partial charge in [-0.25, -0.2) is 0 Å². The van der Waals surface area contributed by atoms with E-state index >= 15 is 0 Å². The van der Waals surface area contributed by atoms with Gasteiger partial charge < -0.3 is 10.1 Å². The molecule has 0 heterocycles. The lowest BCUT2D eigenvalue weighted by Crippen LogP contribution is -2.28. The Morgan fingerprint density at radius 2 is 2.12 bits per heavy atom. The molecule has 1 amide bonds. The van der Waals surface area contributed by atoms with E-state index in [0.29, 0.717) is 5.92 Å². The number of carbonyl (C=O) groups is 1. The molecule has 3 nitrogen and oxygen atoms in total. The van der Waals surface area contributed by atoms with Crippen LogP contribution in [0.1, 0.15) is 31.9 Å². The number of ether oxygens (including phenoxy) is 1. The minimum Gasteiger partial charge on any atom is -0.496 e. The second-order valence-electron chi connectivity index (χ2n) is 4.79. The van der Waals surface area contributed by atoms with Crippen LogP contribution in [0.2, 0.25) is 0 Å². The van der Waals surface area contributed by atoms with E-state index < -0.39 is 0 Å². The predicted octanol–water partition coefficient (Wildman–Crippen LogP) is 2.53. The fourth-order valence-corrected chi connectivity index (χ4v) is 2.11. The number of rotatable bonds is 4. The SMILES string of the molecule is COc1ccccc1[C@H](C)NC(=O)[C@@H]1C[C@@H]1C. The van der Waals surface area contributed by atoms with Crippen molar-refractivity contribution in [2.24, 2.45) is 11.8 Å². The molecule has 1 aromatic carbocycles. The Bertz CT molecular complexity index is 416. The lowest BCUT2D eigenvalue weighted by molar-refractivity contribution is -0.123. The first kappa shape index (κ1) is 12.0. The largest absolute Gasteiger partial charge is 0.496 e. The molecule has 1 aliphatic rings. The predicted molar refractivity (Wildman–Crippen MR) is 66.8 cm³/mol.